The molecule has 0 bridgehead atoms. The summed E-state index contributed by atoms with van der Waals surface area (Å²) in [6, 6.07) is 4.31. The van der Waals surface area contributed by atoms with Gasteiger partial charge in [-0.25, -0.2) is 4.39 Å². The first-order chi connectivity index (χ1) is 9.08. The zero-order chi connectivity index (χ0) is 13.8. The van der Waals surface area contributed by atoms with Gasteiger partial charge in [0, 0.05) is 25.7 Å². The number of rotatable bonds is 4. The lowest BCUT2D eigenvalue weighted by Gasteiger charge is -2.22. The zero-order valence-corrected chi connectivity index (χ0v) is 11.7. The molecule has 1 saturated heterocycles. The molecule has 1 aliphatic heterocycles. The fourth-order valence-electron chi connectivity index (χ4n) is 2.47. The molecule has 0 aromatic heterocycles. The van der Waals surface area contributed by atoms with Crippen molar-refractivity contribution in [2.24, 2.45) is 0 Å². The van der Waals surface area contributed by atoms with Gasteiger partial charge < -0.3 is 9.80 Å². The van der Waals surface area contributed by atoms with Crippen molar-refractivity contribution in [2.75, 3.05) is 33.2 Å². The summed E-state index contributed by atoms with van der Waals surface area (Å²) < 4.78 is 13.0. The predicted molar refractivity (Wildman–Crippen MR) is 73.8 cm³/mol. The van der Waals surface area contributed by atoms with Gasteiger partial charge in [0.2, 0.25) is 0 Å². The summed E-state index contributed by atoms with van der Waals surface area (Å²) in [5.74, 6) is -0.328. The maximum Gasteiger partial charge on any atom is 0.253 e. The quantitative estimate of drug-likeness (QED) is 0.833. The van der Waals surface area contributed by atoms with E-state index in [-0.39, 0.29) is 11.7 Å². The van der Waals surface area contributed by atoms with Crippen LogP contribution < -0.4 is 0 Å². The smallest absolute Gasteiger partial charge is 0.253 e. The van der Waals surface area contributed by atoms with Gasteiger partial charge in [-0.15, -0.1) is 0 Å². The van der Waals surface area contributed by atoms with Crippen LogP contribution in [0, 0.1) is 12.7 Å². The van der Waals surface area contributed by atoms with E-state index < -0.39 is 0 Å². The van der Waals surface area contributed by atoms with Crippen molar-refractivity contribution in [1.82, 2.24) is 9.80 Å². The van der Waals surface area contributed by atoms with Gasteiger partial charge in [-0.05, 0) is 56.6 Å². The Bertz CT molecular complexity index is 455. The summed E-state index contributed by atoms with van der Waals surface area (Å²) in [4.78, 5) is 16.4. The first-order valence-corrected chi connectivity index (χ1v) is 6.82. The molecule has 1 aromatic carbocycles. The summed E-state index contributed by atoms with van der Waals surface area (Å²) in [5, 5.41) is 0. The van der Waals surface area contributed by atoms with Gasteiger partial charge in [-0.3, -0.25) is 4.79 Å². The Hall–Kier alpha value is -1.42. The highest BCUT2D eigenvalue weighted by Crippen LogP contribution is 2.13. The van der Waals surface area contributed by atoms with Crippen molar-refractivity contribution in [3.8, 4) is 0 Å². The Morgan fingerprint density at radius 2 is 2.05 bits per heavy atom. The van der Waals surface area contributed by atoms with Crippen molar-refractivity contribution in [1.29, 1.82) is 0 Å². The molecule has 0 aliphatic carbocycles. The van der Waals surface area contributed by atoms with Crippen molar-refractivity contribution >= 4 is 5.91 Å². The minimum atomic E-state index is -0.297. The summed E-state index contributed by atoms with van der Waals surface area (Å²) in [6.07, 6.45) is 2.52. The Morgan fingerprint density at radius 1 is 1.37 bits per heavy atom. The number of hydrogen-bond donors (Lipinski definition) is 0. The van der Waals surface area contributed by atoms with Gasteiger partial charge in [0.05, 0.1) is 0 Å². The van der Waals surface area contributed by atoms with E-state index in [1.165, 1.54) is 25.0 Å². The molecule has 0 atom stereocenters. The topological polar surface area (TPSA) is 23.6 Å². The highest BCUT2D eigenvalue weighted by Gasteiger charge is 2.17. The van der Waals surface area contributed by atoms with Gasteiger partial charge in [0.25, 0.3) is 5.91 Å². The normalized spacial score (nSPS) is 15.7. The number of amides is 1. The molecule has 0 radical (unpaired) electrons. The molecule has 1 aliphatic rings. The monoisotopic (exact) mass is 264 g/mol. The van der Waals surface area contributed by atoms with Gasteiger partial charge >= 0.3 is 0 Å². The molecular weight excluding hydrogens is 243 g/mol. The van der Waals surface area contributed by atoms with Crippen molar-refractivity contribution in [2.45, 2.75) is 19.8 Å². The van der Waals surface area contributed by atoms with Crippen LogP contribution in [0.2, 0.25) is 0 Å². The summed E-state index contributed by atoms with van der Waals surface area (Å²) >= 11 is 0. The van der Waals surface area contributed by atoms with E-state index in [1.54, 1.807) is 24.9 Å². The molecule has 4 heteroatoms. The second-order valence-electron chi connectivity index (χ2n) is 5.23. The molecule has 0 N–H and O–H groups in total. The predicted octanol–water partition coefficient (Wildman–Crippen LogP) is 2.30. The number of likely N-dealkylation sites (N-methyl/N-ethyl adjacent to an activating group) is 1. The third kappa shape index (κ3) is 3.53. The SMILES string of the molecule is Cc1cc(F)ccc1C(=O)N(C)CCN1CCCC1. The second-order valence-corrected chi connectivity index (χ2v) is 5.23. The van der Waals surface area contributed by atoms with Gasteiger partial charge in [-0.1, -0.05) is 0 Å². The highest BCUT2D eigenvalue weighted by molar-refractivity contribution is 5.95. The fraction of sp³-hybridized carbons (Fsp3) is 0.533. The molecule has 104 valence electrons. The lowest BCUT2D eigenvalue weighted by molar-refractivity contribution is 0.0781. The maximum absolute atomic E-state index is 13.0. The summed E-state index contributed by atoms with van der Waals surface area (Å²) in [7, 11) is 1.81. The molecule has 19 heavy (non-hydrogen) atoms. The van der Waals surface area contributed by atoms with Gasteiger partial charge in [0.1, 0.15) is 5.82 Å². The van der Waals surface area contributed by atoms with Crippen LogP contribution in [-0.4, -0.2) is 48.9 Å². The summed E-state index contributed by atoms with van der Waals surface area (Å²) in [5.41, 5.74) is 1.28. The molecule has 1 fully saturated rings. The van der Waals surface area contributed by atoms with Crippen LogP contribution >= 0.6 is 0 Å². The largest absolute Gasteiger partial charge is 0.340 e. The van der Waals surface area contributed by atoms with E-state index >= 15 is 0 Å². The third-order valence-corrected chi connectivity index (χ3v) is 3.72. The average Bonchev–Trinajstić information content (AvgIpc) is 2.88. The van der Waals surface area contributed by atoms with Crippen LogP contribution in [0.25, 0.3) is 0 Å². The Morgan fingerprint density at radius 3 is 2.68 bits per heavy atom. The zero-order valence-electron chi connectivity index (χ0n) is 11.7. The van der Waals surface area contributed by atoms with Gasteiger partial charge in [-0.2, -0.15) is 0 Å². The number of aryl methyl sites for hydroxylation is 1. The van der Waals surface area contributed by atoms with Crippen molar-refractivity contribution in [3.63, 3.8) is 0 Å². The van der Waals surface area contributed by atoms with Crippen LogP contribution in [0.3, 0.4) is 0 Å². The molecular formula is C15H21FN2O. The van der Waals surface area contributed by atoms with Crippen molar-refractivity contribution in [3.05, 3.63) is 35.1 Å². The Balaban J connectivity index is 1.94. The minimum Gasteiger partial charge on any atom is -0.340 e. The van der Waals surface area contributed by atoms with E-state index in [0.29, 0.717) is 11.1 Å². The Kier molecular flexibility index (Phi) is 4.53. The maximum atomic E-state index is 13.0. The molecule has 2 rings (SSSR count). The standard InChI is InChI=1S/C15H21FN2O/c1-12-11-13(16)5-6-14(12)15(19)17(2)9-10-18-7-3-4-8-18/h5-6,11H,3-4,7-10H2,1-2H3. The number of carbonyl (C=O) groups excluding carboxylic acids is 1. The number of halogens is 1. The summed E-state index contributed by atoms with van der Waals surface area (Å²) in [6.45, 7) is 5.68. The van der Waals surface area contributed by atoms with E-state index in [9.17, 15) is 9.18 Å². The highest BCUT2D eigenvalue weighted by atomic mass is 19.1. The molecule has 0 unspecified atom stereocenters. The van der Waals surface area contributed by atoms with Gasteiger partial charge in [0.15, 0.2) is 0 Å². The van der Waals surface area contributed by atoms with E-state index in [4.69, 9.17) is 0 Å². The molecule has 0 saturated carbocycles. The minimum absolute atomic E-state index is 0.0308. The van der Waals surface area contributed by atoms with Crippen LogP contribution in [0.15, 0.2) is 18.2 Å². The average molecular weight is 264 g/mol. The second kappa shape index (κ2) is 6.15. The Labute approximate surface area is 114 Å². The van der Waals surface area contributed by atoms with Crippen LogP contribution in [0.4, 0.5) is 4.39 Å². The van der Waals surface area contributed by atoms with E-state index in [0.717, 1.165) is 26.2 Å². The van der Waals surface area contributed by atoms with Crippen LogP contribution in [-0.2, 0) is 0 Å². The van der Waals surface area contributed by atoms with E-state index in [1.807, 2.05) is 0 Å². The van der Waals surface area contributed by atoms with Crippen LogP contribution in [0.1, 0.15) is 28.8 Å². The molecule has 3 nitrogen and oxygen atoms in total. The number of carbonyl (C=O) groups is 1. The number of nitrogens with zero attached hydrogens (tertiary/aromatic N) is 2. The molecule has 0 spiro atoms. The van der Waals surface area contributed by atoms with Crippen LogP contribution in [0.5, 0.6) is 0 Å². The lowest BCUT2D eigenvalue weighted by atomic mass is 10.1. The first-order valence-electron chi connectivity index (χ1n) is 6.82. The molecule has 1 amide bonds. The number of hydrogen-bond acceptors (Lipinski definition) is 2. The van der Waals surface area contributed by atoms with E-state index in [2.05, 4.69) is 4.90 Å². The lowest BCUT2D eigenvalue weighted by Crippen LogP contribution is -2.35. The third-order valence-electron chi connectivity index (χ3n) is 3.72. The fourth-order valence-corrected chi connectivity index (χ4v) is 2.47. The first kappa shape index (κ1) is 14.0. The molecule has 1 aromatic rings. The molecule has 1 heterocycles. The van der Waals surface area contributed by atoms with Crippen molar-refractivity contribution < 1.29 is 9.18 Å². The number of benzene rings is 1. The number of likely N-dealkylation sites (tertiary alicyclic amines) is 1.